The molecule has 168 valence electrons. The maximum atomic E-state index is 13.3. The number of carbonyl (C=O) groups is 2. The van der Waals surface area contributed by atoms with Gasteiger partial charge in [0, 0.05) is 16.6 Å². The first kappa shape index (κ1) is 22.5. The number of nitrogens with zero attached hydrogens (tertiary/aromatic N) is 1. The SMILES string of the molecule is COc1cccc(NC2=C(Sc3ccccc3)C(=O)N(c3cccc(C(F)(F)F)c3)C2=O)c1. The van der Waals surface area contributed by atoms with Gasteiger partial charge < -0.3 is 10.1 Å². The number of hydrogen-bond donors (Lipinski definition) is 1. The first-order valence-electron chi connectivity index (χ1n) is 9.72. The average molecular weight is 470 g/mol. The molecule has 0 radical (unpaired) electrons. The monoisotopic (exact) mass is 470 g/mol. The maximum absolute atomic E-state index is 13.3. The molecule has 1 aliphatic heterocycles. The molecule has 0 atom stereocenters. The fourth-order valence-electron chi connectivity index (χ4n) is 3.22. The van der Waals surface area contributed by atoms with E-state index < -0.39 is 23.6 Å². The summed E-state index contributed by atoms with van der Waals surface area (Å²) in [6.45, 7) is 0. The van der Waals surface area contributed by atoms with Gasteiger partial charge in [0.2, 0.25) is 0 Å². The molecule has 5 nitrogen and oxygen atoms in total. The average Bonchev–Trinajstić information content (AvgIpc) is 3.03. The van der Waals surface area contributed by atoms with Gasteiger partial charge in [-0.25, -0.2) is 4.90 Å². The third kappa shape index (κ3) is 4.73. The third-order valence-corrected chi connectivity index (χ3v) is 5.87. The molecule has 0 unspecified atom stereocenters. The Morgan fingerprint density at radius 3 is 2.30 bits per heavy atom. The summed E-state index contributed by atoms with van der Waals surface area (Å²) < 4.78 is 44.9. The predicted octanol–water partition coefficient (Wildman–Crippen LogP) is 5.70. The molecule has 3 aromatic rings. The van der Waals surface area contributed by atoms with Gasteiger partial charge in [0.15, 0.2) is 0 Å². The summed E-state index contributed by atoms with van der Waals surface area (Å²) in [5.74, 6) is -0.927. The van der Waals surface area contributed by atoms with E-state index in [4.69, 9.17) is 4.74 Å². The number of nitrogens with one attached hydrogen (secondary N) is 1. The lowest BCUT2D eigenvalue weighted by Crippen LogP contribution is -2.32. The van der Waals surface area contributed by atoms with Crippen LogP contribution < -0.4 is 15.0 Å². The quantitative estimate of drug-likeness (QED) is 0.468. The molecule has 0 bridgehead atoms. The molecule has 0 aromatic heterocycles. The van der Waals surface area contributed by atoms with E-state index in [1.165, 1.54) is 13.2 Å². The lowest BCUT2D eigenvalue weighted by Gasteiger charge is -2.17. The van der Waals surface area contributed by atoms with Crippen molar-refractivity contribution in [2.24, 2.45) is 0 Å². The van der Waals surface area contributed by atoms with Gasteiger partial charge in [-0.15, -0.1) is 0 Å². The minimum absolute atomic E-state index is 0.0282. The van der Waals surface area contributed by atoms with Crippen molar-refractivity contribution in [3.63, 3.8) is 0 Å². The van der Waals surface area contributed by atoms with Crippen LogP contribution in [0.1, 0.15) is 5.56 Å². The Balaban J connectivity index is 1.75. The molecule has 1 heterocycles. The molecular weight excluding hydrogens is 453 g/mol. The van der Waals surface area contributed by atoms with Crippen LogP contribution in [0.4, 0.5) is 24.5 Å². The molecule has 1 aliphatic rings. The van der Waals surface area contributed by atoms with Crippen molar-refractivity contribution < 1.29 is 27.5 Å². The molecule has 0 saturated heterocycles. The van der Waals surface area contributed by atoms with Crippen LogP contribution in [0.2, 0.25) is 0 Å². The molecule has 3 aromatic carbocycles. The van der Waals surface area contributed by atoms with Crippen LogP contribution in [0, 0.1) is 0 Å². The number of benzene rings is 3. The Morgan fingerprint density at radius 2 is 1.61 bits per heavy atom. The fourth-order valence-corrected chi connectivity index (χ4v) is 4.17. The Morgan fingerprint density at radius 1 is 0.879 bits per heavy atom. The minimum atomic E-state index is -4.61. The van der Waals surface area contributed by atoms with Gasteiger partial charge in [-0.1, -0.05) is 42.1 Å². The zero-order valence-electron chi connectivity index (χ0n) is 17.2. The zero-order chi connectivity index (χ0) is 23.6. The molecular formula is C24H17F3N2O3S. The van der Waals surface area contributed by atoms with Crippen LogP contribution in [-0.4, -0.2) is 18.9 Å². The molecule has 4 rings (SSSR count). The van der Waals surface area contributed by atoms with Crippen LogP contribution >= 0.6 is 11.8 Å². The predicted molar refractivity (Wildman–Crippen MR) is 120 cm³/mol. The van der Waals surface area contributed by atoms with Crippen molar-refractivity contribution in [3.8, 4) is 5.75 Å². The standard InChI is InChI=1S/C24H17F3N2O3S/c1-32-18-10-6-8-16(14-18)28-20-21(33-19-11-3-2-4-12-19)23(31)29(22(20)30)17-9-5-7-15(13-17)24(25,26)27/h2-14,28H,1H3. The van der Waals surface area contributed by atoms with Gasteiger partial charge in [-0.2, -0.15) is 13.2 Å². The number of imide groups is 1. The first-order chi connectivity index (χ1) is 15.8. The van der Waals surface area contributed by atoms with Gasteiger partial charge in [0.05, 0.1) is 18.4 Å². The number of hydrogen-bond acceptors (Lipinski definition) is 5. The highest BCUT2D eigenvalue weighted by Gasteiger charge is 2.41. The van der Waals surface area contributed by atoms with Crippen molar-refractivity contribution in [1.82, 2.24) is 0 Å². The van der Waals surface area contributed by atoms with Gasteiger partial charge in [0.1, 0.15) is 16.4 Å². The highest BCUT2D eigenvalue weighted by molar-refractivity contribution is 8.04. The van der Waals surface area contributed by atoms with Crippen LogP contribution in [0.15, 0.2) is 94.4 Å². The van der Waals surface area contributed by atoms with Crippen LogP contribution in [0.25, 0.3) is 0 Å². The molecule has 0 fully saturated rings. The number of anilines is 2. The lowest BCUT2D eigenvalue weighted by atomic mass is 10.2. The molecule has 1 N–H and O–H groups in total. The number of carbonyl (C=O) groups excluding carboxylic acids is 2. The minimum Gasteiger partial charge on any atom is -0.497 e. The summed E-state index contributed by atoms with van der Waals surface area (Å²) in [5, 5.41) is 2.96. The van der Waals surface area contributed by atoms with E-state index in [9.17, 15) is 22.8 Å². The van der Waals surface area contributed by atoms with Gasteiger partial charge in [-0.3, -0.25) is 9.59 Å². The molecule has 0 saturated carbocycles. The van der Waals surface area contributed by atoms with E-state index in [2.05, 4.69) is 5.32 Å². The van der Waals surface area contributed by atoms with Crippen LogP contribution in [0.3, 0.4) is 0 Å². The van der Waals surface area contributed by atoms with Crippen molar-refractivity contribution in [1.29, 1.82) is 0 Å². The van der Waals surface area contributed by atoms with Gasteiger partial charge >= 0.3 is 6.18 Å². The molecule has 0 aliphatic carbocycles. The number of alkyl halides is 3. The van der Waals surface area contributed by atoms with Crippen molar-refractivity contribution in [2.45, 2.75) is 11.1 Å². The maximum Gasteiger partial charge on any atom is 0.416 e. The van der Waals surface area contributed by atoms with E-state index in [0.29, 0.717) is 16.3 Å². The number of methoxy groups -OCH3 is 1. The second kappa shape index (κ2) is 9.03. The molecule has 2 amide bonds. The number of halogens is 3. The summed E-state index contributed by atoms with van der Waals surface area (Å²) in [6.07, 6.45) is -4.61. The largest absolute Gasteiger partial charge is 0.497 e. The summed E-state index contributed by atoms with van der Waals surface area (Å²) in [5.41, 5.74) is -0.650. The summed E-state index contributed by atoms with van der Waals surface area (Å²) >= 11 is 1.06. The van der Waals surface area contributed by atoms with E-state index >= 15 is 0 Å². The normalized spacial score (nSPS) is 14.1. The number of thioether (sulfide) groups is 1. The Kier molecular flexibility index (Phi) is 6.15. The Hall–Kier alpha value is -3.72. The fraction of sp³-hybridized carbons (Fsp3) is 0.0833. The van der Waals surface area contributed by atoms with Crippen LogP contribution in [-0.2, 0) is 15.8 Å². The Labute approximate surface area is 191 Å². The molecule has 9 heteroatoms. The smallest absolute Gasteiger partial charge is 0.416 e. The van der Waals surface area contributed by atoms with Crippen molar-refractivity contribution in [2.75, 3.05) is 17.3 Å². The number of amides is 2. The van der Waals surface area contributed by atoms with E-state index in [1.807, 2.05) is 6.07 Å². The third-order valence-electron chi connectivity index (χ3n) is 4.78. The van der Waals surface area contributed by atoms with E-state index in [1.54, 1.807) is 48.5 Å². The number of ether oxygens (including phenoxy) is 1. The molecule has 33 heavy (non-hydrogen) atoms. The second-order valence-electron chi connectivity index (χ2n) is 6.97. The molecule has 0 spiro atoms. The lowest BCUT2D eigenvalue weighted by molar-refractivity contribution is -0.137. The van der Waals surface area contributed by atoms with Crippen molar-refractivity contribution >= 4 is 35.0 Å². The highest BCUT2D eigenvalue weighted by Crippen LogP contribution is 2.39. The Bertz CT molecular complexity index is 1240. The topological polar surface area (TPSA) is 58.6 Å². The van der Waals surface area contributed by atoms with Crippen molar-refractivity contribution in [3.05, 3.63) is 95.0 Å². The second-order valence-corrected chi connectivity index (χ2v) is 8.05. The zero-order valence-corrected chi connectivity index (χ0v) is 18.0. The summed E-state index contributed by atoms with van der Waals surface area (Å²) in [6, 6.07) is 19.8. The summed E-state index contributed by atoms with van der Waals surface area (Å²) in [4.78, 5) is 28.1. The van der Waals surface area contributed by atoms with E-state index in [-0.39, 0.29) is 16.3 Å². The number of rotatable bonds is 6. The van der Waals surface area contributed by atoms with Gasteiger partial charge in [-0.05, 0) is 42.5 Å². The first-order valence-corrected chi connectivity index (χ1v) is 10.5. The summed E-state index contributed by atoms with van der Waals surface area (Å²) in [7, 11) is 1.49. The van der Waals surface area contributed by atoms with E-state index in [0.717, 1.165) is 34.9 Å². The highest BCUT2D eigenvalue weighted by atomic mass is 32.2. The van der Waals surface area contributed by atoms with Gasteiger partial charge in [0.25, 0.3) is 11.8 Å². The van der Waals surface area contributed by atoms with Crippen LogP contribution in [0.5, 0.6) is 5.75 Å².